The van der Waals surface area contributed by atoms with E-state index in [2.05, 4.69) is 22.8 Å². The topological polar surface area (TPSA) is 111 Å². The van der Waals surface area contributed by atoms with Crippen LogP contribution in [0.15, 0.2) is 82.8 Å². The Morgan fingerprint density at radius 2 is 1.74 bits per heavy atom. The molecule has 0 aliphatic carbocycles. The van der Waals surface area contributed by atoms with Crippen LogP contribution in [0.2, 0.25) is 0 Å². The number of benzene rings is 3. The van der Waals surface area contributed by atoms with Gasteiger partial charge in [-0.1, -0.05) is 50.1 Å². The Morgan fingerprint density at radius 3 is 2.46 bits per heavy atom. The molecule has 0 radical (unpaired) electrons. The maximum absolute atomic E-state index is 13.3. The minimum Gasteiger partial charge on any atom is -0.478 e. The van der Waals surface area contributed by atoms with E-state index in [1.165, 1.54) is 0 Å². The fourth-order valence-electron chi connectivity index (χ4n) is 4.30. The molecule has 1 heterocycles. The van der Waals surface area contributed by atoms with Gasteiger partial charge in [0.2, 0.25) is 0 Å². The molecule has 1 aliphatic heterocycles. The third-order valence-corrected chi connectivity index (χ3v) is 7.41. The zero-order valence-electron chi connectivity index (χ0n) is 21.9. The molecular weight excluding hydrogens is 512 g/mol. The largest absolute Gasteiger partial charge is 0.478 e. The van der Waals surface area contributed by atoms with Crippen molar-refractivity contribution in [3.05, 3.63) is 89.5 Å². The van der Waals surface area contributed by atoms with E-state index in [-0.39, 0.29) is 17.2 Å². The first-order valence-electron chi connectivity index (χ1n) is 13.1. The highest BCUT2D eigenvalue weighted by Gasteiger charge is 2.34. The Labute approximate surface area is 232 Å². The van der Waals surface area contributed by atoms with E-state index in [4.69, 9.17) is 5.11 Å². The average Bonchev–Trinajstić information content (AvgIpc) is 3.20. The van der Waals surface area contributed by atoms with Crippen LogP contribution in [0.25, 0.3) is 0 Å². The van der Waals surface area contributed by atoms with Gasteiger partial charge >= 0.3 is 12.0 Å². The lowest BCUT2D eigenvalue weighted by molar-refractivity contribution is -0.112. The number of urea groups is 1. The summed E-state index contributed by atoms with van der Waals surface area (Å²) in [5, 5.41) is 16.0. The highest BCUT2D eigenvalue weighted by molar-refractivity contribution is 7.99. The third kappa shape index (κ3) is 7.48. The zero-order valence-corrected chi connectivity index (χ0v) is 22.7. The maximum atomic E-state index is 13.3. The van der Waals surface area contributed by atoms with Crippen LogP contribution in [-0.4, -0.2) is 41.0 Å². The minimum atomic E-state index is -0.925. The lowest BCUT2D eigenvalue weighted by atomic mass is 10.1. The Kier molecular flexibility index (Phi) is 9.74. The van der Waals surface area contributed by atoms with Gasteiger partial charge in [0.05, 0.1) is 11.3 Å². The van der Waals surface area contributed by atoms with Gasteiger partial charge in [-0.05, 0) is 73.0 Å². The number of para-hydroxylation sites is 1. The van der Waals surface area contributed by atoms with Crippen LogP contribution < -0.4 is 15.6 Å². The molecule has 0 spiro atoms. The van der Waals surface area contributed by atoms with Crippen molar-refractivity contribution < 1.29 is 19.5 Å². The second-order valence-electron chi connectivity index (χ2n) is 9.19. The summed E-state index contributed by atoms with van der Waals surface area (Å²) in [6.07, 6.45) is 4.72. The molecule has 4 rings (SSSR count). The van der Waals surface area contributed by atoms with Crippen molar-refractivity contribution >= 4 is 46.8 Å². The fraction of sp³-hybridized carbons (Fsp3) is 0.267. The molecule has 3 N–H and O–H groups in total. The molecule has 0 saturated carbocycles. The van der Waals surface area contributed by atoms with Crippen LogP contribution in [0.4, 0.5) is 16.2 Å². The van der Waals surface area contributed by atoms with Crippen molar-refractivity contribution in [2.24, 2.45) is 5.10 Å². The molecule has 3 amide bonds. The summed E-state index contributed by atoms with van der Waals surface area (Å²) in [7, 11) is 0. The number of fused-ring (bicyclic) bond motifs is 1. The summed E-state index contributed by atoms with van der Waals surface area (Å²) in [5.74, 6) is -0.281. The van der Waals surface area contributed by atoms with Crippen molar-refractivity contribution in [1.29, 1.82) is 0 Å². The van der Waals surface area contributed by atoms with Crippen LogP contribution in [0.5, 0.6) is 0 Å². The van der Waals surface area contributed by atoms with E-state index in [1.807, 2.05) is 48.5 Å². The number of rotatable bonds is 12. The highest BCUT2D eigenvalue weighted by atomic mass is 32.2. The Hall–Kier alpha value is -4.11. The van der Waals surface area contributed by atoms with Gasteiger partial charge in [0.25, 0.3) is 5.91 Å². The van der Waals surface area contributed by atoms with E-state index in [9.17, 15) is 14.4 Å². The number of nitrogens with zero attached hydrogens (tertiary/aromatic N) is 2. The number of aryl methyl sites for hydroxylation is 1. The van der Waals surface area contributed by atoms with Crippen molar-refractivity contribution in [3.63, 3.8) is 0 Å². The first-order chi connectivity index (χ1) is 19.0. The lowest BCUT2D eigenvalue weighted by Gasteiger charge is -2.16. The molecule has 0 unspecified atom stereocenters. The zero-order chi connectivity index (χ0) is 27.6. The Balaban J connectivity index is 1.43. The predicted octanol–water partition coefficient (Wildman–Crippen LogP) is 6.17. The summed E-state index contributed by atoms with van der Waals surface area (Å²) >= 11 is 1.69. The molecule has 0 atom stereocenters. The average molecular weight is 545 g/mol. The van der Waals surface area contributed by atoms with Crippen LogP contribution in [0.3, 0.4) is 0 Å². The van der Waals surface area contributed by atoms with Gasteiger partial charge in [0.1, 0.15) is 0 Å². The quantitative estimate of drug-likeness (QED) is 0.143. The molecule has 39 heavy (non-hydrogen) atoms. The normalized spacial score (nSPS) is 13.4. The standard InChI is InChI=1S/C30H32N4O4S/c1-2-3-7-18-34-26-17-16-24(39-19-8-9-21-12-14-22(15-13-21)29(36)37)20-25(26)27(28(34)35)32-33-30(38)31-23-10-5-4-6-11-23/h4-6,10-17,20H,2-3,7-9,18-19H2,1H3,(H,36,37)(H2,31,33,38)/b32-27-. The van der Waals surface area contributed by atoms with Gasteiger partial charge in [0.15, 0.2) is 5.71 Å². The van der Waals surface area contributed by atoms with E-state index >= 15 is 0 Å². The van der Waals surface area contributed by atoms with Crippen molar-refractivity contribution in [2.45, 2.75) is 43.9 Å². The van der Waals surface area contributed by atoms with Gasteiger partial charge in [-0.2, -0.15) is 5.10 Å². The fourth-order valence-corrected chi connectivity index (χ4v) is 5.19. The van der Waals surface area contributed by atoms with Gasteiger partial charge in [-0.15, -0.1) is 11.8 Å². The number of anilines is 2. The lowest BCUT2D eigenvalue weighted by Crippen LogP contribution is -2.33. The summed E-state index contributed by atoms with van der Waals surface area (Å²) in [4.78, 5) is 39.5. The molecule has 0 aromatic heterocycles. The molecule has 8 nitrogen and oxygen atoms in total. The summed E-state index contributed by atoms with van der Waals surface area (Å²) < 4.78 is 0. The first-order valence-corrected chi connectivity index (χ1v) is 14.1. The molecular formula is C30H32N4O4S. The first kappa shape index (κ1) is 27.9. The maximum Gasteiger partial charge on any atom is 0.339 e. The van der Waals surface area contributed by atoms with Crippen LogP contribution in [-0.2, 0) is 11.2 Å². The summed E-state index contributed by atoms with van der Waals surface area (Å²) in [6, 6.07) is 21.4. The van der Waals surface area contributed by atoms with Crippen molar-refractivity contribution in [1.82, 2.24) is 5.43 Å². The number of nitrogens with one attached hydrogen (secondary N) is 2. The number of hydrazone groups is 1. The highest BCUT2D eigenvalue weighted by Crippen LogP contribution is 2.33. The van der Waals surface area contributed by atoms with E-state index < -0.39 is 12.0 Å². The number of carboxylic acid groups (broad SMARTS) is 1. The van der Waals surface area contributed by atoms with E-state index in [1.54, 1.807) is 40.9 Å². The van der Waals surface area contributed by atoms with Gasteiger partial charge in [0, 0.05) is 22.7 Å². The molecule has 202 valence electrons. The number of hydrogen-bond acceptors (Lipinski definition) is 5. The van der Waals surface area contributed by atoms with Gasteiger partial charge in [-0.25, -0.2) is 15.0 Å². The SMILES string of the molecule is CCCCCN1C(=O)/C(=N\NC(=O)Nc2ccccc2)c2cc(SCCCc3ccc(C(=O)O)cc3)ccc21. The second-order valence-corrected chi connectivity index (χ2v) is 10.4. The smallest absolute Gasteiger partial charge is 0.339 e. The van der Waals surface area contributed by atoms with Gasteiger partial charge < -0.3 is 15.3 Å². The summed E-state index contributed by atoms with van der Waals surface area (Å²) in [6.45, 7) is 2.72. The molecule has 3 aromatic rings. The molecule has 9 heteroatoms. The number of amides is 3. The van der Waals surface area contributed by atoms with Crippen LogP contribution in [0.1, 0.15) is 54.1 Å². The van der Waals surface area contributed by atoms with Crippen molar-refractivity contribution in [2.75, 3.05) is 22.5 Å². The Bertz CT molecular complexity index is 1340. The monoisotopic (exact) mass is 544 g/mol. The number of aromatic carboxylic acids is 1. The number of thioether (sulfide) groups is 1. The molecule has 0 fully saturated rings. The number of carbonyl (C=O) groups excluding carboxylic acids is 2. The van der Waals surface area contributed by atoms with Crippen LogP contribution >= 0.6 is 11.8 Å². The second kappa shape index (κ2) is 13.6. The van der Waals surface area contributed by atoms with E-state index in [0.717, 1.165) is 54.0 Å². The number of carboxylic acids is 1. The van der Waals surface area contributed by atoms with Gasteiger partial charge in [-0.3, -0.25) is 4.79 Å². The molecule has 0 bridgehead atoms. The third-order valence-electron chi connectivity index (χ3n) is 6.33. The van der Waals surface area contributed by atoms with Crippen molar-refractivity contribution in [3.8, 4) is 0 Å². The number of unbranched alkanes of at least 4 members (excludes halogenated alkanes) is 2. The Morgan fingerprint density at radius 1 is 0.974 bits per heavy atom. The molecule has 0 saturated heterocycles. The molecule has 1 aliphatic rings. The summed E-state index contributed by atoms with van der Waals surface area (Å²) in [5.41, 5.74) is 6.24. The number of carbonyl (C=O) groups is 3. The minimum absolute atomic E-state index is 0.215. The van der Waals surface area contributed by atoms with Crippen LogP contribution in [0, 0.1) is 0 Å². The van der Waals surface area contributed by atoms with E-state index in [0.29, 0.717) is 17.8 Å². The molecule has 3 aromatic carbocycles. The number of hydrogen-bond donors (Lipinski definition) is 3. The predicted molar refractivity (Wildman–Crippen MR) is 156 cm³/mol.